The van der Waals surface area contributed by atoms with E-state index in [-0.39, 0.29) is 11.3 Å². The minimum atomic E-state index is -4.77. The Hall–Kier alpha value is -3.61. The molecule has 0 saturated carbocycles. The minimum absolute atomic E-state index is 0.212. The fraction of sp³-hybridized carbons (Fsp3) is 0.0476. The number of hydrogen-bond donors (Lipinski definition) is 1. The number of ether oxygens (including phenoxy) is 1. The van der Waals surface area contributed by atoms with Crippen LogP contribution < -0.4 is 10.1 Å². The number of carbonyl (C=O) groups excluding carboxylic acids is 1. The third-order valence-electron chi connectivity index (χ3n) is 3.63. The number of anilines is 1. The Balaban J connectivity index is 1.66. The predicted molar refractivity (Wildman–Crippen MR) is 101 cm³/mol. The first-order valence-electron chi connectivity index (χ1n) is 8.25. The van der Waals surface area contributed by atoms with Gasteiger partial charge < -0.3 is 10.1 Å². The van der Waals surface area contributed by atoms with Gasteiger partial charge in [0.05, 0.1) is 5.69 Å². The topological polar surface area (TPSA) is 51.2 Å². The summed E-state index contributed by atoms with van der Waals surface area (Å²) in [4.78, 5) is 16.5. The molecule has 0 aliphatic carbocycles. The molecule has 0 radical (unpaired) electrons. The Morgan fingerprint density at radius 1 is 0.964 bits per heavy atom. The highest BCUT2D eigenvalue weighted by atomic mass is 19.4. The standard InChI is InChI=1S/C21H15F3N2O2/c22-21(23,24)28-19-11-8-16(9-12-19)20(27)26-18-6-3-4-15(14-18)7-10-17-5-1-2-13-25-17/h1-14H,(H,26,27)/b10-7+. The van der Waals surface area contributed by atoms with Gasteiger partial charge in [0, 0.05) is 17.4 Å². The molecule has 0 aliphatic heterocycles. The van der Waals surface area contributed by atoms with Gasteiger partial charge in [-0.15, -0.1) is 13.2 Å². The largest absolute Gasteiger partial charge is 0.573 e. The van der Waals surface area contributed by atoms with Crippen LogP contribution in [0.25, 0.3) is 12.2 Å². The molecular formula is C21H15F3N2O2. The van der Waals surface area contributed by atoms with Crippen LogP contribution in [0.4, 0.5) is 18.9 Å². The number of rotatable bonds is 5. The summed E-state index contributed by atoms with van der Waals surface area (Å²) in [6.07, 6.45) is 0.635. The molecule has 1 N–H and O–H groups in total. The Morgan fingerprint density at radius 3 is 2.43 bits per heavy atom. The summed E-state index contributed by atoms with van der Waals surface area (Å²) in [6, 6.07) is 17.4. The van der Waals surface area contributed by atoms with E-state index in [2.05, 4.69) is 15.0 Å². The lowest BCUT2D eigenvalue weighted by Gasteiger charge is -2.10. The van der Waals surface area contributed by atoms with E-state index >= 15 is 0 Å². The van der Waals surface area contributed by atoms with Crippen LogP contribution in [0.3, 0.4) is 0 Å². The number of nitrogens with one attached hydrogen (secondary N) is 1. The highest BCUT2D eigenvalue weighted by Gasteiger charge is 2.31. The van der Waals surface area contributed by atoms with Crippen LogP contribution in [0.5, 0.6) is 5.75 Å². The highest BCUT2D eigenvalue weighted by Crippen LogP contribution is 2.23. The maximum Gasteiger partial charge on any atom is 0.573 e. The van der Waals surface area contributed by atoms with Gasteiger partial charge in [0.15, 0.2) is 0 Å². The Labute approximate surface area is 159 Å². The fourth-order valence-corrected chi connectivity index (χ4v) is 2.39. The Kier molecular flexibility index (Phi) is 5.74. The van der Waals surface area contributed by atoms with Crippen molar-refractivity contribution in [2.45, 2.75) is 6.36 Å². The molecule has 142 valence electrons. The molecule has 3 aromatic rings. The van der Waals surface area contributed by atoms with Gasteiger partial charge in [-0.1, -0.05) is 24.3 Å². The van der Waals surface area contributed by atoms with E-state index in [4.69, 9.17) is 0 Å². The van der Waals surface area contributed by atoms with Crippen molar-refractivity contribution in [1.82, 2.24) is 4.98 Å². The smallest absolute Gasteiger partial charge is 0.406 e. The Morgan fingerprint density at radius 2 is 1.75 bits per heavy atom. The minimum Gasteiger partial charge on any atom is -0.406 e. The van der Waals surface area contributed by atoms with E-state index < -0.39 is 12.3 Å². The van der Waals surface area contributed by atoms with E-state index in [1.165, 1.54) is 12.1 Å². The predicted octanol–water partition coefficient (Wildman–Crippen LogP) is 5.40. The number of nitrogens with zero attached hydrogens (tertiary/aromatic N) is 1. The van der Waals surface area contributed by atoms with Gasteiger partial charge in [-0.3, -0.25) is 9.78 Å². The molecule has 3 rings (SSSR count). The second kappa shape index (κ2) is 8.39. The first-order valence-corrected chi connectivity index (χ1v) is 8.25. The van der Waals surface area contributed by atoms with Crippen molar-refractivity contribution in [3.63, 3.8) is 0 Å². The molecule has 0 aliphatic rings. The summed E-state index contributed by atoms with van der Waals surface area (Å²) in [5.74, 6) is -0.824. The summed E-state index contributed by atoms with van der Waals surface area (Å²) >= 11 is 0. The number of amides is 1. The van der Waals surface area contributed by atoms with Gasteiger partial charge in [0.2, 0.25) is 0 Å². The summed E-state index contributed by atoms with van der Waals surface area (Å²) in [6.45, 7) is 0. The number of benzene rings is 2. The van der Waals surface area contributed by atoms with Crippen LogP contribution in [-0.4, -0.2) is 17.3 Å². The van der Waals surface area contributed by atoms with Gasteiger partial charge in [-0.05, 0) is 60.2 Å². The second-order valence-electron chi connectivity index (χ2n) is 5.74. The molecule has 0 atom stereocenters. The molecule has 1 heterocycles. The molecule has 1 amide bonds. The Bertz CT molecular complexity index is 969. The number of carbonyl (C=O) groups is 1. The van der Waals surface area contributed by atoms with Crippen molar-refractivity contribution in [2.75, 3.05) is 5.32 Å². The zero-order valence-electron chi connectivity index (χ0n) is 14.5. The molecular weight excluding hydrogens is 369 g/mol. The lowest BCUT2D eigenvalue weighted by molar-refractivity contribution is -0.274. The maximum absolute atomic E-state index is 12.3. The lowest BCUT2D eigenvalue weighted by atomic mass is 10.1. The summed E-state index contributed by atoms with van der Waals surface area (Å²) in [5, 5.41) is 2.71. The van der Waals surface area contributed by atoms with E-state index in [1.807, 2.05) is 36.4 Å². The molecule has 0 bridgehead atoms. The normalized spacial score (nSPS) is 11.4. The average molecular weight is 384 g/mol. The molecule has 7 heteroatoms. The average Bonchev–Trinajstić information content (AvgIpc) is 2.67. The number of hydrogen-bond acceptors (Lipinski definition) is 3. The van der Waals surface area contributed by atoms with Crippen LogP contribution in [-0.2, 0) is 0 Å². The van der Waals surface area contributed by atoms with Crippen LogP contribution in [0.1, 0.15) is 21.6 Å². The molecule has 0 spiro atoms. The summed E-state index contributed by atoms with van der Waals surface area (Å²) in [7, 11) is 0. The quantitative estimate of drug-likeness (QED) is 0.641. The third kappa shape index (κ3) is 5.70. The zero-order chi connectivity index (χ0) is 20.0. The number of aromatic nitrogens is 1. The van der Waals surface area contributed by atoms with Crippen molar-refractivity contribution in [3.8, 4) is 5.75 Å². The first-order chi connectivity index (χ1) is 13.4. The van der Waals surface area contributed by atoms with Crippen molar-refractivity contribution in [3.05, 3.63) is 89.7 Å². The number of halogens is 3. The molecule has 0 saturated heterocycles. The molecule has 1 aromatic heterocycles. The molecule has 2 aromatic carbocycles. The van der Waals surface area contributed by atoms with E-state index in [1.54, 1.807) is 24.4 Å². The van der Waals surface area contributed by atoms with Gasteiger partial charge in [0.25, 0.3) is 5.91 Å². The summed E-state index contributed by atoms with van der Waals surface area (Å²) < 4.78 is 40.3. The zero-order valence-corrected chi connectivity index (χ0v) is 14.5. The van der Waals surface area contributed by atoms with Crippen LogP contribution in [0.15, 0.2) is 72.9 Å². The molecule has 0 fully saturated rings. The SMILES string of the molecule is O=C(Nc1cccc(/C=C/c2ccccn2)c1)c1ccc(OC(F)(F)F)cc1. The van der Waals surface area contributed by atoms with Crippen LogP contribution >= 0.6 is 0 Å². The lowest BCUT2D eigenvalue weighted by Crippen LogP contribution is -2.17. The van der Waals surface area contributed by atoms with E-state index in [9.17, 15) is 18.0 Å². The second-order valence-corrected chi connectivity index (χ2v) is 5.74. The van der Waals surface area contributed by atoms with Crippen LogP contribution in [0, 0.1) is 0 Å². The molecule has 0 unspecified atom stereocenters. The van der Waals surface area contributed by atoms with Gasteiger partial charge in [-0.2, -0.15) is 0 Å². The monoisotopic (exact) mass is 384 g/mol. The van der Waals surface area contributed by atoms with Gasteiger partial charge >= 0.3 is 6.36 Å². The van der Waals surface area contributed by atoms with Gasteiger partial charge in [-0.25, -0.2) is 0 Å². The third-order valence-corrected chi connectivity index (χ3v) is 3.63. The first kappa shape index (κ1) is 19.2. The van der Waals surface area contributed by atoms with Crippen LogP contribution in [0.2, 0.25) is 0 Å². The fourth-order valence-electron chi connectivity index (χ4n) is 2.39. The van der Waals surface area contributed by atoms with E-state index in [0.717, 1.165) is 23.4 Å². The van der Waals surface area contributed by atoms with Crippen molar-refractivity contribution in [1.29, 1.82) is 0 Å². The van der Waals surface area contributed by atoms with Crippen molar-refractivity contribution in [2.24, 2.45) is 0 Å². The van der Waals surface area contributed by atoms with Crippen molar-refractivity contribution >= 4 is 23.7 Å². The number of pyridine rings is 1. The highest BCUT2D eigenvalue weighted by molar-refractivity contribution is 6.04. The molecule has 28 heavy (non-hydrogen) atoms. The molecule has 4 nitrogen and oxygen atoms in total. The maximum atomic E-state index is 12.3. The number of alkyl halides is 3. The van der Waals surface area contributed by atoms with Gasteiger partial charge in [0.1, 0.15) is 5.75 Å². The summed E-state index contributed by atoms with van der Waals surface area (Å²) in [5.41, 5.74) is 2.43. The van der Waals surface area contributed by atoms with Crippen molar-refractivity contribution < 1.29 is 22.7 Å². The van der Waals surface area contributed by atoms with E-state index in [0.29, 0.717) is 5.69 Å².